The number of nitrogens with zero attached hydrogens (tertiary/aromatic N) is 1. The number of ether oxygens (including phenoxy) is 3. The van der Waals surface area contributed by atoms with Gasteiger partial charge in [-0.3, -0.25) is 19.2 Å². The van der Waals surface area contributed by atoms with E-state index in [2.05, 4.69) is 20.8 Å². The van der Waals surface area contributed by atoms with E-state index in [-0.39, 0.29) is 36.7 Å². The number of amides is 1. The van der Waals surface area contributed by atoms with Gasteiger partial charge in [0.1, 0.15) is 12.2 Å². The van der Waals surface area contributed by atoms with Gasteiger partial charge in [0.05, 0.1) is 29.9 Å². The molecule has 0 bridgehead atoms. The number of carbonyl (C=O) groups is 4. The molecule has 0 spiro atoms. The van der Waals surface area contributed by atoms with Gasteiger partial charge in [0.25, 0.3) is 0 Å². The van der Waals surface area contributed by atoms with Crippen LogP contribution >= 0.6 is 0 Å². The number of hydrogen-bond donors (Lipinski definition) is 0. The quantitative estimate of drug-likeness (QED) is 0.201. The van der Waals surface area contributed by atoms with Crippen LogP contribution in [-0.2, 0) is 33.4 Å². The highest BCUT2D eigenvalue weighted by Gasteiger charge is 2.50. The molecule has 0 aliphatic carbocycles. The van der Waals surface area contributed by atoms with E-state index in [4.69, 9.17) is 14.2 Å². The lowest BCUT2D eigenvalue weighted by Gasteiger charge is -2.41. The third-order valence-corrected chi connectivity index (χ3v) is 7.71. The fourth-order valence-corrected chi connectivity index (χ4v) is 6.11. The average Bonchev–Trinajstić information content (AvgIpc) is 2.99. The first-order valence-corrected chi connectivity index (χ1v) is 14.5. The molecule has 2 atom stereocenters. The molecule has 1 aliphatic rings. The summed E-state index contributed by atoms with van der Waals surface area (Å²) in [6.45, 7) is 20.2. The van der Waals surface area contributed by atoms with Gasteiger partial charge in [0.2, 0.25) is 5.91 Å². The molecule has 1 fully saturated rings. The minimum Gasteiger partial charge on any atom is -0.469 e. The van der Waals surface area contributed by atoms with Gasteiger partial charge in [-0.05, 0) is 85.5 Å². The van der Waals surface area contributed by atoms with Gasteiger partial charge in [-0.2, -0.15) is 0 Å². The van der Waals surface area contributed by atoms with Crippen molar-refractivity contribution >= 4 is 23.8 Å². The molecule has 39 heavy (non-hydrogen) atoms. The largest absolute Gasteiger partial charge is 0.469 e. The number of hydrogen-bond acceptors (Lipinski definition) is 7. The molecule has 8 nitrogen and oxygen atoms in total. The van der Waals surface area contributed by atoms with Gasteiger partial charge in [0.15, 0.2) is 0 Å². The molecule has 1 amide bonds. The average molecular weight is 554 g/mol. The van der Waals surface area contributed by atoms with Gasteiger partial charge in [-0.1, -0.05) is 34.1 Å². The molecular weight excluding hydrogens is 498 g/mol. The van der Waals surface area contributed by atoms with E-state index in [0.717, 1.165) is 19.3 Å². The summed E-state index contributed by atoms with van der Waals surface area (Å²) in [7, 11) is 1.32. The van der Waals surface area contributed by atoms with E-state index in [9.17, 15) is 19.2 Å². The van der Waals surface area contributed by atoms with Gasteiger partial charge in [0, 0.05) is 13.0 Å². The van der Waals surface area contributed by atoms with E-state index in [0.29, 0.717) is 32.4 Å². The number of likely N-dealkylation sites (tertiary alicyclic amines) is 1. The van der Waals surface area contributed by atoms with Crippen LogP contribution in [0.15, 0.2) is 0 Å². The summed E-state index contributed by atoms with van der Waals surface area (Å²) >= 11 is 0. The van der Waals surface area contributed by atoms with Crippen molar-refractivity contribution in [1.29, 1.82) is 0 Å². The SMILES string of the molecule is CCC(C)(CC(C)(CC(C)(C)C(=O)OCCN1CCCCCC1=O)C(=O)OC)C(=O)OC(C)(C)CC(C)(C)C. The van der Waals surface area contributed by atoms with Crippen LogP contribution in [0.25, 0.3) is 0 Å². The maximum Gasteiger partial charge on any atom is 0.312 e. The van der Waals surface area contributed by atoms with Gasteiger partial charge in [-0.15, -0.1) is 0 Å². The molecule has 8 heteroatoms. The second-order valence-electron chi connectivity index (χ2n) is 14.4. The van der Waals surface area contributed by atoms with E-state index in [1.165, 1.54) is 7.11 Å². The summed E-state index contributed by atoms with van der Waals surface area (Å²) in [4.78, 5) is 53.8. The van der Waals surface area contributed by atoms with Crippen LogP contribution in [0.5, 0.6) is 0 Å². The predicted molar refractivity (Wildman–Crippen MR) is 152 cm³/mol. The van der Waals surface area contributed by atoms with E-state index < -0.39 is 33.8 Å². The smallest absolute Gasteiger partial charge is 0.312 e. The van der Waals surface area contributed by atoms with Crippen LogP contribution in [0.3, 0.4) is 0 Å². The number of methoxy groups -OCH3 is 1. The van der Waals surface area contributed by atoms with Crippen molar-refractivity contribution in [3.63, 3.8) is 0 Å². The van der Waals surface area contributed by atoms with Gasteiger partial charge in [-0.25, -0.2) is 0 Å². The highest BCUT2D eigenvalue weighted by atomic mass is 16.6. The Morgan fingerprint density at radius 1 is 0.795 bits per heavy atom. The molecule has 0 N–H and O–H groups in total. The van der Waals surface area contributed by atoms with Crippen molar-refractivity contribution in [2.45, 2.75) is 126 Å². The second kappa shape index (κ2) is 13.5. The Kier molecular flexibility index (Phi) is 12.1. The van der Waals surface area contributed by atoms with Crippen molar-refractivity contribution in [3.05, 3.63) is 0 Å². The highest BCUT2D eigenvalue weighted by Crippen LogP contribution is 2.46. The molecule has 1 saturated heterocycles. The Labute approximate surface area is 236 Å². The summed E-state index contributed by atoms with van der Waals surface area (Å²) in [5.74, 6) is -1.21. The molecule has 1 rings (SSSR count). The molecule has 1 heterocycles. The van der Waals surface area contributed by atoms with Crippen LogP contribution in [0.4, 0.5) is 0 Å². The van der Waals surface area contributed by atoms with Crippen LogP contribution in [0.1, 0.15) is 121 Å². The lowest BCUT2D eigenvalue weighted by atomic mass is 9.65. The summed E-state index contributed by atoms with van der Waals surface area (Å²) < 4.78 is 16.8. The van der Waals surface area contributed by atoms with Crippen molar-refractivity contribution in [2.75, 3.05) is 26.8 Å². The van der Waals surface area contributed by atoms with Crippen molar-refractivity contribution in [3.8, 4) is 0 Å². The van der Waals surface area contributed by atoms with E-state index in [1.54, 1.807) is 25.7 Å². The minimum absolute atomic E-state index is 0.0299. The van der Waals surface area contributed by atoms with Crippen LogP contribution < -0.4 is 0 Å². The normalized spacial score (nSPS) is 18.4. The van der Waals surface area contributed by atoms with E-state index in [1.807, 2.05) is 27.7 Å². The molecular formula is C31H55NO7. The maximum absolute atomic E-state index is 13.5. The lowest BCUT2D eigenvalue weighted by Crippen LogP contribution is -2.46. The maximum atomic E-state index is 13.5. The second-order valence-corrected chi connectivity index (χ2v) is 14.4. The number of rotatable bonds is 13. The van der Waals surface area contributed by atoms with Crippen LogP contribution in [0, 0.1) is 21.7 Å². The highest BCUT2D eigenvalue weighted by molar-refractivity contribution is 5.82. The molecule has 2 unspecified atom stereocenters. The molecule has 0 aromatic heterocycles. The first-order chi connectivity index (χ1) is 17.7. The molecule has 1 aliphatic heterocycles. The Morgan fingerprint density at radius 3 is 1.95 bits per heavy atom. The Hall–Kier alpha value is -2.12. The Bertz CT molecular complexity index is 873. The topological polar surface area (TPSA) is 99.2 Å². The fourth-order valence-electron chi connectivity index (χ4n) is 6.11. The van der Waals surface area contributed by atoms with Crippen molar-refractivity contribution < 1.29 is 33.4 Å². The third kappa shape index (κ3) is 10.8. The van der Waals surface area contributed by atoms with Crippen molar-refractivity contribution in [2.24, 2.45) is 21.7 Å². The number of carbonyl (C=O) groups excluding carboxylic acids is 4. The monoisotopic (exact) mass is 553 g/mol. The zero-order valence-electron chi connectivity index (χ0n) is 26.6. The zero-order chi connectivity index (χ0) is 30.3. The standard InChI is InChI=1S/C31H55NO7/c1-12-30(9,26(36)39-29(7,8)20-27(2,3)4)22-31(10,25(35)37-11)21-28(5,6)24(34)38-19-18-32-17-15-13-14-16-23(32)33/h12-22H2,1-11H3. The zero-order valence-corrected chi connectivity index (χ0v) is 26.6. The molecule has 0 aromatic rings. The lowest BCUT2D eigenvalue weighted by molar-refractivity contribution is -0.176. The molecule has 226 valence electrons. The first kappa shape index (κ1) is 34.9. The summed E-state index contributed by atoms with van der Waals surface area (Å²) in [5.41, 5.74) is -3.85. The molecule has 0 aromatic carbocycles. The first-order valence-electron chi connectivity index (χ1n) is 14.5. The Balaban J connectivity index is 3.02. The van der Waals surface area contributed by atoms with Crippen molar-refractivity contribution in [1.82, 2.24) is 4.90 Å². The van der Waals surface area contributed by atoms with E-state index >= 15 is 0 Å². The van der Waals surface area contributed by atoms with Gasteiger partial charge >= 0.3 is 17.9 Å². The van der Waals surface area contributed by atoms with Gasteiger partial charge < -0.3 is 19.1 Å². The molecule has 0 radical (unpaired) electrons. The third-order valence-electron chi connectivity index (χ3n) is 7.71. The van der Waals surface area contributed by atoms with Crippen LogP contribution in [-0.4, -0.2) is 61.1 Å². The summed E-state index contributed by atoms with van der Waals surface area (Å²) in [5, 5.41) is 0. The Morgan fingerprint density at radius 2 is 1.41 bits per heavy atom. The summed E-state index contributed by atoms with van der Waals surface area (Å²) in [6, 6.07) is 0. The fraction of sp³-hybridized carbons (Fsp3) is 0.871. The summed E-state index contributed by atoms with van der Waals surface area (Å²) in [6.07, 6.45) is 4.83. The minimum atomic E-state index is -1.14. The molecule has 0 saturated carbocycles. The van der Waals surface area contributed by atoms with Crippen LogP contribution in [0.2, 0.25) is 0 Å². The number of esters is 3. The predicted octanol–water partition coefficient (Wildman–Crippen LogP) is 6.09.